The third kappa shape index (κ3) is 3.80. The summed E-state index contributed by atoms with van der Waals surface area (Å²) in [6, 6.07) is 6.70. The molecule has 96 valence electrons. The van der Waals surface area contributed by atoms with E-state index in [2.05, 4.69) is 4.72 Å². The molecule has 0 spiro atoms. The van der Waals surface area contributed by atoms with E-state index in [0.29, 0.717) is 6.54 Å². The molecule has 5 heteroatoms. The highest BCUT2D eigenvalue weighted by Crippen LogP contribution is 2.18. The normalized spacial score (nSPS) is 13.6. The molecule has 1 atom stereocenters. The molecule has 1 rings (SSSR count). The lowest BCUT2D eigenvalue weighted by Crippen LogP contribution is -2.24. The molecule has 0 aliphatic carbocycles. The van der Waals surface area contributed by atoms with Crippen LogP contribution in [0.4, 0.5) is 0 Å². The Kier molecular flexibility index (Phi) is 5.11. The number of benzene rings is 1. The maximum absolute atomic E-state index is 11.9. The van der Waals surface area contributed by atoms with Crippen molar-refractivity contribution >= 4 is 10.0 Å². The first kappa shape index (κ1) is 14.2. The highest BCUT2D eigenvalue weighted by molar-refractivity contribution is 7.89. The van der Waals surface area contributed by atoms with Crippen LogP contribution in [-0.4, -0.2) is 15.0 Å². The van der Waals surface area contributed by atoms with Crippen LogP contribution in [-0.2, 0) is 10.0 Å². The van der Waals surface area contributed by atoms with Crippen LogP contribution in [0.3, 0.4) is 0 Å². The summed E-state index contributed by atoms with van der Waals surface area (Å²) in [5.41, 5.74) is 6.74. The van der Waals surface area contributed by atoms with Crippen molar-refractivity contribution in [1.29, 1.82) is 0 Å². The second kappa shape index (κ2) is 6.14. The van der Waals surface area contributed by atoms with Crippen molar-refractivity contribution in [2.45, 2.75) is 37.6 Å². The van der Waals surface area contributed by atoms with Gasteiger partial charge in [0, 0.05) is 12.6 Å². The van der Waals surface area contributed by atoms with E-state index in [1.165, 1.54) is 0 Å². The summed E-state index contributed by atoms with van der Waals surface area (Å²) < 4.78 is 26.3. The maximum Gasteiger partial charge on any atom is 0.240 e. The number of sulfonamides is 1. The van der Waals surface area contributed by atoms with Crippen LogP contribution in [0, 0.1) is 0 Å². The summed E-state index contributed by atoms with van der Waals surface area (Å²) in [5.74, 6) is 0. The minimum absolute atomic E-state index is 0.115. The molecule has 3 N–H and O–H groups in total. The van der Waals surface area contributed by atoms with Crippen LogP contribution in [0.2, 0.25) is 0 Å². The molecule has 0 bridgehead atoms. The Morgan fingerprint density at radius 1 is 1.35 bits per heavy atom. The van der Waals surface area contributed by atoms with Gasteiger partial charge in [0.25, 0.3) is 0 Å². The first-order chi connectivity index (χ1) is 8.01. The maximum atomic E-state index is 11.9. The molecule has 0 fully saturated rings. The summed E-state index contributed by atoms with van der Waals surface area (Å²) in [6.45, 7) is 4.35. The average Bonchev–Trinajstić information content (AvgIpc) is 2.35. The Morgan fingerprint density at radius 3 is 2.65 bits per heavy atom. The Balaban J connectivity index is 2.99. The Bertz CT molecular complexity index is 457. The fraction of sp³-hybridized carbons (Fsp3) is 0.500. The van der Waals surface area contributed by atoms with Gasteiger partial charge in [0.15, 0.2) is 0 Å². The van der Waals surface area contributed by atoms with E-state index in [4.69, 9.17) is 5.73 Å². The minimum atomic E-state index is -3.39. The van der Waals surface area contributed by atoms with Crippen molar-refractivity contribution in [1.82, 2.24) is 4.72 Å². The lowest BCUT2D eigenvalue weighted by Gasteiger charge is -2.11. The molecule has 0 saturated carbocycles. The topological polar surface area (TPSA) is 72.2 Å². The van der Waals surface area contributed by atoms with Crippen molar-refractivity contribution < 1.29 is 8.42 Å². The minimum Gasteiger partial charge on any atom is -0.324 e. The molecule has 0 aromatic heterocycles. The van der Waals surface area contributed by atoms with Gasteiger partial charge in [0.2, 0.25) is 10.0 Å². The molecule has 1 unspecified atom stereocenters. The Hall–Kier alpha value is -0.910. The van der Waals surface area contributed by atoms with Gasteiger partial charge in [-0.3, -0.25) is 0 Å². The van der Waals surface area contributed by atoms with Gasteiger partial charge in [0.05, 0.1) is 4.90 Å². The van der Waals surface area contributed by atoms with Crippen LogP contribution in [0.5, 0.6) is 0 Å². The van der Waals surface area contributed by atoms with Gasteiger partial charge in [-0.1, -0.05) is 26.0 Å². The van der Waals surface area contributed by atoms with Crippen molar-refractivity contribution in [2.75, 3.05) is 6.54 Å². The van der Waals surface area contributed by atoms with Crippen molar-refractivity contribution in [2.24, 2.45) is 5.73 Å². The fourth-order valence-corrected chi connectivity index (χ4v) is 2.66. The quantitative estimate of drug-likeness (QED) is 0.815. The second-order valence-corrected chi connectivity index (χ2v) is 5.75. The number of nitrogens with one attached hydrogen (secondary N) is 1. The molecule has 0 aliphatic rings. The molecule has 0 amide bonds. The van der Waals surface area contributed by atoms with Crippen molar-refractivity contribution in [3.05, 3.63) is 29.8 Å². The average molecular weight is 256 g/mol. The van der Waals surface area contributed by atoms with E-state index in [1.54, 1.807) is 18.2 Å². The molecule has 0 aliphatic heterocycles. The van der Waals surface area contributed by atoms with Gasteiger partial charge in [-0.25, -0.2) is 13.1 Å². The van der Waals surface area contributed by atoms with E-state index in [9.17, 15) is 8.42 Å². The first-order valence-electron chi connectivity index (χ1n) is 5.86. The zero-order valence-electron chi connectivity index (χ0n) is 10.3. The summed E-state index contributed by atoms with van der Waals surface area (Å²) in [7, 11) is -3.39. The Morgan fingerprint density at radius 2 is 2.06 bits per heavy atom. The Labute approximate surface area is 103 Å². The number of hydrogen-bond acceptors (Lipinski definition) is 3. The van der Waals surface area contributed by atoms with Crippen LogP contribution < -0.4 is 10.5 Å². The zero-order chi connectivity index (χ0) is 12.9. The second-order valence-electron chi connectivity index (χ2n) is 3.99. The van der Waals surface area contributed by atoms with Gasteiger partial charge in [-0.15, -0.1) is 0 Å². The third-order valence-electron chi connectivity index (χ3n) is 2.58. The number of rotatable bonds is 6. The van der Waals surface area contributed by atoms with Crippen molar-refractivity contribution in [3.8, 4) is 0 Å². The lowest BCUT2D eigenvalue weighted by molar-refractivity contribution is 0.580. The van der Waals surface area contributed by atoms with Crippen LogP contribution in [0.15, 0.2) is 29.2 Å². The van der Waals surface area contributed by atoms with Gasteiger partial charge >= 0.3 is 0 Å². The van der Waals surface area contributed by atoms with E-state index >= 15 is 0 Å². The predicted octanol–water partition coefficient (Wildman–Crippen LogP) is 1.78. The molecule has 1 aromatic rings. The van der Waals surface area contributed by atoms with Gasteiger partial charge < -0.3 is 5.73 Å². The molecule has 1 aromatic carbocycles. The summed E-state index contributed by atoms with van der Waals surface area (Å²) >= 11 is 0. The van der Waals surface area contributed by atoms with Crippen LogP contribution >= 0.6 is 0 Å². The number of hydrogen-bond donors (Lipinski definition) is 2. The predicted molar refractivity (Wildman–Crippen MR) is 69.1 cm³/mol. The largest absolute Gasteiger partial charge is 0.324 e. The number of nitrogens with two attached hydrogens (primary N) is 1. The van der Waals surface area contributed by atoms with E-state index in [0.717, 1.165) is 18.4 Å². The monoisotopic (exact) mass is 256 g/mol. The van der Waals surface area contributed by atoms with E-state index < -0.39 is 10.0 Å². The third-order valence-corrected chi connectivity index (χ3v) is 4.04. The molecule has 17 heavy (non-hydrogen) atoms. The summed E-state index contributed by atoms with van der Waals surface area (Å²) in [5, 5.41) is 0. The van der Waals surface area contributed by atoms with Crippen molar-refractivity contribution in [3.63, 3.8) is 0 Å². The van der Waals surface area contributed by atoms with E-state index in [1.807, 2.05) is 19.9 Å². The highest BCUT2D eigenvalue weighted by Gasteiger charge is 2.14. The fourth-order valence-electron chi connectivity index (χ4n) is 1.47. The molecule has 0 radical (unpaired) electrons. The van der Waals surface area contributed by atoms with Gasteiger partial charge in [-0.05, 0) is 30.5 Å². The zero-order valence-corrected chi connectivity index (χ0v) is 11.1. The SMILES string of the molecule is CCCNS(=O)(=O)c1cccc(C(N)CC)c1. The summed E-state index contributed by atoms with van der Waals surface area (Å²) in [6.07, 6.45) is 1.55. The molecular weight excluding hydrogens is 236 g/mol. The van der Waals surface area contributed by atoms with Gasteiger partial charge in [0.1, 0.15) is 0 Å². The van der Waals surface area contributed by atoms with Crippen LogP contribution in [0.25, 0.3) is 0 Å². The molecule has 0 heterocycles. The van der Waals surface area contributed by atoms with Gasteiger partial charge in [-0.2, -0.15) is 0 Å². The van der Waals surface area contributed by atoms with E-state index in [-0.39, 0.29) is 10.9 Å². The molecule has 0 saturated heterocycles. The first-order valence-corrected chi connectivity index (χ1v) is 7.34. The summed E-state index contributed by atoms with van der Waals surface area (Å²) in [4.78, 5) is 0.285. The lowest BCUT2D eigenvalue weighted by atomic mass is 10.1. The molecular formula is C12H20N2O2S. The highest BCUT2D eigenvalue weighted by atomic mass is 32.2. The smallest absolute Gasteiger partial charge is 0.240 e. The molecule has 4 nitrogen and oxygen atoms in total. The van der Waals surface area contributed by atoms with Crippen LogP contribution in [0.1, 0.15) is 38.3 Å². The standard InChI is InChI=1S/C12H20N2O2S/c1-3-8-14-17(15,16)11-7-5-6-10(9-11)12(13)4-2/h5-7,9,12,14H,3-4,8,13H2,1-2H3.